The van der Waals surface area contributed by atoms with Gasteiger partial charge in [0, 0.05) is 5.56 Å². The molecule has 0 aliphatic heterocycles. The standard InChI is InChI=1S/C18H21N3O5/c1-10-6-7-15(8-11(10)2)18(23)14(5)26-16(22)9-20-13(4)17(21(24)25)12(3)19-20/h6-8,14H,9H2,1-5H3. The van der Waals surface area contributed by atoms with Crippen LogP contribution in [0.15, 0.2) is 18.2 Å². The molecule has 1 aromatic carbocycles. The number of ketones is 1. The Balaban J connectivity index is 2.07. The topological polar surface area (TPSA) is 104 Å². The highest BCUT2D eigenvalue weighted by molar-refractivity contribution is 6.00. The van der Waals surface area contributed by atoms with Gasteiger partial charge in [0.1, 0.15) is 17.9 Å². The minimum atomic E-state index is -0.962. The first-order valence-corrected chi connectivity index (χ1v) is 8.11. The zero-order valence-corrected chi connectivity index (χ0v) is 15.4. The first-order valence-electron chi connectivity index (χ1n) is 8.11. The summed E-state index contributed by atoms with van der Waals surface area (Å²) in [5.74, 6) is -0.990. The van der Waals surface area contributed by atoms with E-state index in [1.54, 1.807) is 12.1 Å². The van der Waals surface area contributed by atoms with Crippen LogP contribution in [0.1, 0.15) is 39.8 Å². The van der Waals surface area contributed by atoms with Gasteiger partial charge in [0.15, 0.2) is 6.10 Å². The van der Waals surface area contributed by atoms with E-state index < -0.39 is 17.0 Å². The molecule has 1 unspecified atom stereocenters. The fourth-order valence-corrected chi connectivity index (χ4v) is 2.65. The quantitative estimate of drug-likeness (QED) is 0.340. The van der Waals surface area contributed by atoms with Gasteiger partial charge >= 0.3 is 11.7 Å². The third-order valence-corrected chi connectivity index (χ3v) is 4.27. The van der Waals surface area contributed by atoms with Crippen LogP contribution in [0.3, 0.4) is 0 Å². The Labute approximate surface area is 150 Å². The molecule has 0 spiro atoms. The van der Waals surface area contributed by atoms with Crippen LogP contribution < -0.4 is 0 Å². The van der Waals surface area contributed by atoms with Crippen LogP contribution >= 0.6 is 0 Å². The van der Waals surface area contributed by atoms with Gasteiger partial charge in [-0.25, -0.2) is 0 Å². The summed E-state index contributed by atoms with van der Waals surface area (Å²) in [6.07, 6.45) is -0.962. The smallest absolute Gasteiger partial charge is 0.328 e. The molecule has 26 heavy (non-hydrogen) atoms. The van der Waals surface area contributed by atoms with Crippen LogP contribution in [-0.4, -0.2) is 32.6 Å². The molecule has 0 aliphatic carbocycles. The van der Waals surface area contributed by atoms with Crippen molar-refractivity contribution in [3.63, 3.8) is 0 Å². The summed E-state index contributed by atoms with van der Waals surface area (Å²) in [6.45, 7) is 8.05. The summed E-state index contributed by atoms with van der Waals surface area (Å²) in [4.78, 5) is 35.0. The molecule has 0 fully saturated rings. The van der Waals surface area contributed by atoms with E-state index in [0.717, 1.165) is 11.1 Å². The van der Waals surface area contributed by atoms with Crippen LogP contribution in [0, 0.1) is 37.8 Å². The molecule has 8 nitrogen and oxygen atoms in total. The molecule has 0 bridgehead atoms. The molecule has 0 radical (unpaired) electrons. The lowest BCUT2D eigenvalue weighted by Crippen LogP contribution is -2.27. The minimum absolute atomic E-state index is 0.128. The second-order valence-corrected chi connectivity index (χ2v) is 6.23. The Morgan fingerprint density at radius 2 is 1.88 bits per heavy atom. The van der Waals surface area contributed by atoms with Crippen LogP contribution in [0.2, 0.25) is 0 Å². The van der Waals surface area contributed by atoms with Crippen molar-refractivity contribution in [3.8, 4) is 0 Å². The molecule has 1 atom stereocenters. The maximum atomic E-state index is 12.4. The lowest BCUT2D eigenvalue weighted by atomic mass is 10.0. The lowest BCUT2D eigenvalue weighted by Gasteiger charge is -2.13. The predicted molar refractivity (Wildman–Crippen MR) is 94.2 cm³/mol. The number of carbonyl (C=O) groups excluding carboxylic acids is 2. The Hall–Kier alpha value is -3.03. The first-order chi connectivity index (χ1) is 12.1. The van der Waals surface area contributed by atoms with Crippen molar-refractivity contribution in [2.24, 2.45) is 0 Å². The number of nitro groups is 1. The number of hydrogen-bond donors (Lipinski definition) is 0. The van der Waals surface area contributed by atoms with Gasteiger partial charge in [-0.15, -0.1) is 0 Å². The van der Waals surface area contributed by atoms with Gasteiger partial charge in [-0.1, -0.05) is 12.1 Å². The fraction of sp³-hybridized carbons (Fsp3) is 0.389. The van der Waals surface area contributed by atoms with E-state index >= 15 is 0 Å². The van der Waals surface area contributed by atoms with Gasteiger partial charge in [0.2, 0.25) is 5.78 Å². The number of benzene rings is 1. The number of nitrogens with zero attached hydrogens (tertiary/aromatic N) is 3. The molecule has 0 N–H and O–H groups in total. The highest BCUT2D eigenvalue weighted by atomic mass is 16.6. The molecule has 0 saturated heterocycles. The summed E-state index contributed by atoms with van der Waals surface area (Å²) in [5.41, 5.74) is 2.87. The Bertz CT molecular complexity index is 885. The van der Waals surface area contributed by atoms with Crippen molar-refractivity contribution >= 4 is 17.4 Å². The molecule has 0 saturated carbocycles. The minimum Gasteiger partial charge on any atom is -0.453 e. The maximum absolute atomic E-state index is 12.4. The van der Waals surface area contributed by atoms with E-state index in [-0.39, 0.29) is 29.4 Å². The number of Topliss-reactive ketones (excluding diaryl/α,β-unsaturated/α-hetero) is 1. The van der Waals surface area contributed by atoms with E-state index in [1.807, 2.05) is 19.9 Å². The van der Waals surface area contributed by atoms with Crippen LogP contribution in [0.5, 0.6) is 0 Å². The number of carbonyl (C=O) groups is 2. The SMILES string of the molecule is Cc1ccc(C(=O)C(C)OC(=O)Cn2nc(C)c([N+](=O)[O-])c2C)cc1C. The zero-order valence-electron chi connectivity index (χ0n) is 15.4. The predicted octanol–water partition coefficient (Wildman–Crippen LogP) is 2.84. The van der Waals surface area contributed by atoms with Gasteiger partial charge in [0.25, 0.3) is 0 Å². The van der Waals surface area contributed by atoms with E-state index in [1.165, 1.54) is 25.5 Å². The van der Waals surface area contributed by atoms with Gasteiger partial charge < -0.3 is 4.74 Å². The van der Waals surface area contributed by atoms with E-state index in [9.17, 15) is 19.7 Å². The van der Waals surface area contributed by atoms with Crippen molar-refractivity contribution < 1.29 is 19.2 Å². The number of aromatic nitrogens is 2. The van der Waals surface area contributed by atoms with Gasteiger partial charge in [-0.05, 0) is 51.8 Å². The molecule has 2 aromatic rings. The summed E-state index contributed by atoms with van der Waals surface area (Å²) in [6, 6.07) is 5.29. The molecule has 138 valence electrons. The largest absolute Gasteiger partial charge is 0.453 e. The average molecular weight is 359 g/mol. The second kappa shape index (κ2) is 7.47. The molecule has 0 amide bonds. The second-order valence-electron chi connectivity index (χ2n) is 6.23. The van der Waals surface area contributed by atoms with Gasteiger partial charge in [0.05, 0.1) is 4.92 Å². The highest BCUT2D eigenvalue weighted by Gasteiger charge is 2.25. The van der Waals surface area contributed by atoms with Crippen molar-refractivity contribution in [1.82, 2.24) is 9.78 Å². The summed E-state index contributed by atoms with van der Waals surface area (Å²) >= 11 is 0. The average Bonchev–Trinajstić information content (AvgIpc) is 2.82. The molecule has 1 aromatic heterocycles. The lowest BCUT2D eigenvalue weighted by molar-refractivity contribution is -0.386. The van der Waals surface area contributed by atoms with Crippen molar-refractivity contribution in [3.05, 3.63) is 56.4 Å². The molecule has 2 rings (SSSR count). The van der Waals surface area contributed by atoms with Crippen molar-refractivity contribution in [1.29, 1.82) is 0 Å². The molecule has 1 heterocycles. The maximum Gasteiger partial charge on any atom is 0.328 e. The monoisotopic (exact) mass is 359 g/mol. The first kappa shape index (κ1) is 19.3. The Morgan fingerprint density at radius 3 is 2.42 bits per heavy atom. The molecular formula is C18H21N3O5. The number of ether oxygens (including phenoxy) is 1. The fourth-order valence-electron chi connectivity index (χ4n) is 2.65. The Morgan fingerprint density at radius 1 is 1.23 bits per heavy atom. The zero-order chi connectivity index (χ0) is 19.6. The summed E-state index contributed by atoms with van der Waals surface area (Å²) in [7, 11) is 0. The number of esters is 1. The van der Waals surface area contributed by atoms with E-state index in [2.05, 4.69) is 5.10 Å². The van der Waals surface area contributed by atoms with E-state index in [4.69, 9.17) is 4.74 Å². The summed E-state index contributed by atoms with van der Waals surface area (Å²) in [5, 5.41) is 15.0. The van der Waals surface area contributed by atoms with Gasteiger partial charge in [-0.2, -0.15) is 5.10 Å². The molecule has 0 aliphatic rings. The number of hydrogen-bond acceptors (Lipinski definition) is 6. The number of rotatable bonds is 6. The Kier molecular flexibility index (Phi) is 5.54. The van der Waals surface area contributed by atoms with Crippen LogP contribution in [0.25, 0.3) is 0 Å². The third kappa shape index (κ3) is 3.96. The van der Waals surface area contributed by atoms with Crippen LogP contribution in [0.4, 0.5) is 5.69 Å². The third-order valence-electron chi connectivity index (χ3n) is 4.27. The summed E-state index contributed by atoms with van der Waals surface area (Å²) < 4.78 is 6.40. The number of aryl methyl sites for hydroxylation is 3. The molecule has 8 heteroatoms. The van der Waals surface area contributed by atoms with Crippen molar-refractivity contribution in [2.45, 2.75) is 47.3 Å². The van der Waals surface area contributed by atoms with Crippen molar-refractivity contribution in [2.75, 3.05) is 0 Å². The van der Waals surface area contributed by atoms with Crippen LogP contribution in [-0.2, 0) is 16.1 Å². The normalized spacial score (nSPS) is 11.9. The highest BCUT2D eigenvalue weighted by Crippen LogP contribution is 2.21. The van der Waals surface area contributed by atoms with Gasteiger partial charge in [-0.3, -0.25) is 24.4 Å². The molecular weight excluding hydrogens is 338 g/mol. The van der Waals surface area contributed by atoms with E-state index in [0.29, 0.717) is 5.56 Å².